The van der Waals surface area contributed by atoms with Crippen LogP contribution in [0, 0.1) is 0 Å². The van der Waals surface area contributed by atoms with Gasteiger partial charge < -0.3 is 5.11 Å². The highest BCUT2D eigenvalue weighted by atomic mass is 16.3. The van der Waals surface area contributed by atoms with Crippen LogP contribution in [-0.2, 0) is 0 Å². The molecule has 0 heterocycles. The summed E-state index contributed by atoms with van der Waals surface area (Å²) >= 11 is 0. The van der Waals surface area contributed by atoms with Crippen LogP contribution in [0.4, 0.5) is 0 Å². The number of carbonyl (C=O) groups excluding carboxylic acids is 1. The number of carbonyl (C=O) groups is 1. The molecule has 0 aliphatic rings. The van der Waals surface area contributed by atoms with Crippen molar-refractivity contribution >= 4 is 11.9 Å². The van der Waals surface area contributed by atoms with Gasteiger partial charge in [-0.05, 0) is 89.8 Å². The van der Waals surface area contributed by atoms with Crippen LogP contribution in [0.2, 0.25) is 0 Å². The Balaban J connectivity index is 2.58. The first kappa shape index (κ1) is 30.9. The molecule has 0 saturated heterocycles. The standard InChI is InChI=1S/C35H52O2/c1-9-13-24(5)28-17-19-30(25(6)14-10-2)29(23-28)18-21-32(36)31-20-22-33(37)35(27(8)16-12-4)34(31)26(7)15-11-3/h17-27,37H,9-16H2,1-8H3/b21-18+. The third-order valence-electron chi connectivity index (χ3n) is 8.03. The summed E-state index contributed by atoms with van der Waals surface area (Å²) in [5.74, 6) is 1.75. The molecule has 2 nitrogen and oxygen atoms in total. The zero-order valence-corrected chi connectivity index (χ0v) is 24.9. The molecule has 2 heteroatoms. The fourth-order valence-electron chi connectivity index (χ4n) is 5.98. The highest BCUT2D eigenvalue weighted by Crippen LogP contribution is 2.40. The average molecular weight is 505 g/mol. The first-order chi connectivity index (χ1) is 17.7. The van der Waals surface area contributed by atoms with Crippen molar-refractivity contribution in [3.8, 4) is 5.75 Å². The van der Waals surface area contributed by atoms with E-state index in [1.807, 2.05) is 12.1 Å². The molecular formula is C35H52O2. The lowest BCUT2D eigenvalue weighted by molar-refractivity contribution is 0.104. The smallest absolute Gasteiger partial charge is 0.186 e. The third kappa shape index (κ3) is 8.06. The molecular weight excluding hydrogens is 452 g/mol. The largest absolute Gasteiger partial charge is 0.508 e. The molecule has 0 aromatic heterocycles. The monoisotopic (exact) mass is 504 g/mol. The molecule has 0 bridgehead atoms. The summed E-state index contributed by atoms with van der Waals surface area (Å²) in [4.78, 5) is 13.8. The maximum atomic E-state index is 13.8. The van der Waals surface area contributed by atoms with E-state index in [4.69, 9.17) is 0 Å². The molecule has 0 radical (unpaired) electrons. The van der Waals surface area contributed by atoms with Gasteiger partial charge in [-0.1, -0.05) is 105 Å². The van der Waals surface area contributed by atoms with Crippen molar-refractivity contribution in [3.05, 3.63) is 69.8 Å². The lowest BCUT2D eigenvalue weighted by atomic mass is 9.80. The Morgan fingerprint density at radius 2 is 1.27 bits per heavy atom. The van der Waals surface area contributed by atoms with E-state index in [1.54, 1.807) is 12.1 Å². The summed E-state index contributed by atoms with van der Waals surface area (Å²) in [6, 6.07) is 10.4. The molecule has 4 unspecified atom stereocenters. The summed E-state index contributed by atoms with van der Waals surface area (Å²) in [6.07, 6.45) is 12.5. The Morgan fingerprint density at radius 1 is 0.730 bits per heavy atom. The maximum Gasteiger partial charge on any atom is 0.186 e. The van der Waals surface area contributed by atoms with Crippen LogP contribution in [0.5, 0.6) is 5.75 Å². The number of hydrogen-bond donors (Lipinski definition) is 1. The zero-order valence-electron chi connectivity index (χ0n) is 24.9. The minimum atomic E-state index is 0.0315. The summed E-state index contributed by atoms with van der Waals surface area (Å²) in [5, 5.41) is 10.9. The fraction of sp³-hybridized carbons (Fsp3) is 0.571. The zero-order chi connectivity index (χ0) is 27.5. The van der Waals surface area contributed by atoms with Gasteiger partial charge in [0.05, 0.1) is 0 Å². The van der Waals surface area contributed by atoms with Gasteiger partial charge in [-0.15, -0.1) is 0 Å². The van der Waals surface area contributed by atoms with E-state index in [1.165, 1.54) is 11.1 Å². The molecule has 4 atom stereocenters. The van der Waals surface area contributed by atoms with Gasteiger partial charge in [0.2, 0.25) is 0 Å². The first-order valence-corrected chi connectivity index (χ1v) is 14.9. The second-order valence-corrected chi connectivity index (χ2v) is 11.3. The Morgan fingerprint density at radius 3 is 1.86 bits per heavy atom. The lowest BCUT2D eigenvalue weighted by Crippen LogP contribution is -2.11. The second-order valence-electron chi connectivity index (χ2n) is 11.3. The Labute approximate surface area is 227 Å². The van der Waals surface area contributed by atoms with Crippen molar-refractivity contribution in [2.24, 2.45) is 0 Å². The molecule has 0 aliphatic heterocycles. The number of ketones is 1. The van der Waals surface area contributed by atoms with Crippen LogP contribution in [0.15, 0.2) is 36.4 Å². The van der Waals surface area contributed by atoms with Crippen LogP contribution < -0.4 is 0 Å². The van der Waals surface area contributed by atoms with Crippen molar-refractivity contribution in [2.45, 2.75) is 130 Å². The molecule has 0 fully saturated rings. The minimum absolute atomic E-state index is 0.0315. The summed E-state index contributed by atoms with van der Waals surface area (Å²) < 4.78 is 0. The number of rotatable bonds is 15. The van der Waals surface area contributed by atoms with Gasteiger partial charge in [0.1, 0.15) is 5.75 Å². The van der Waals surface area contributed by atoms with Gasteiger partial charge in [-0.2, -0.15) is 0 Å². The first-order valence-electron chi connectivity index (χ1n) is 14.9. The highest BCUT2D eigenvalue weighted by Gasteiger charge is 2.24. The summed E-state index contributed by atoms with van der Waals surface area (Å²) in [5.41, 5.74) is 6.58. The number of hydrogen-bond acceptors (Lipinski definition) is 2. The SMILES string of the molecule is CCCC(C)c1ccc(C(C)CCC)c(/C=C/C(=O)c2ccc(O)c(C(C)CCC)c2C(C)CCC)c1. The molecule has 2 aromatic rings. The van der Waals surface area contributed by atoms with Gasteiger partial charge in [0.25, 0.3) is 0 Å². The van der Waals surface area contributed by atoms with Crippen LogP contribution in [0.25, 0.3) is 6.08 Å². The van der Waals surface area contributed by atoms with E-state index in [0.29, 0.717) is 17.6 Å². The molecule has 1 N–H and O–H groups in total. The van der Waals surface area contributed by atoms with E-state index >= 15 is 0 Å². The lowest BCUT2D eigenvalue weighted by Gasteiger charge is -2.24. The molecule has 0 aliphatic carbocycles. The molecule has 0 saturated carbocycles. The quantitative estimate of drug-likeness (QED) is 0.193. The Kier molecular flexibility index (Phi) is 12.6. The topological polar surface area (TPSA) is 37.3 Å². The Bertz CT molecular complexity index is 1030. The molecule has 2 aromatic carbocycles. The highest BCUT2D eigenvalue weighted by molar-refractivity contribution is 6.08. The van der Waals surface area contributed by atoms with Crippen LogP contribution in [0.3, 0.4) is 0 Å². The maximum absolute atomic E-state index is 13.8. The van der Waals surface area contributed by atoms with Crippen LogP contribution in [-0.4, -0.2) is 10.9 Å². The fourth-order valence-corrected chi connectivity index (χ4v) is 5.98. The van der Waals surface area contributed by atoms with Gasteiger partial charge in [0, 0.05) is 11.1 Å². The number of aromatic hydroxyl groups is 1. The number of benzene rings is 2. The number of allylic oxidation sites excluding steroid dienone is 1. The van der Waals surface area contributed by atoms with Crippen LogP contribution in [0.1, 0.15) is 169 Å². The molecule has 0 amide bonds. The van der Waals surface area contributed by atoms with E-state index in [0.717, 1.165) is 73.6 Å². The number of phenols is 1. The van der Waals surface area contributed by atoms with E-state index in [9.17, 15) is 9.90 Å². The number of phenolic OH excluding ortho intramolecular Hbond substituents is 1. The van der Waals surface area contributed by atoms with Gasteiger partial charge >= 0.3 is 0 Å². The predicted molar refractivity (Wildman–Crippen MR) is 161 cm³/mol. The van der Waals surface area contributed by atoms with Crippen molar-refractivity contribution < 1.29 is 9.90 Å². The van der Waals surface area contributed by atoms with Crippen molar-refractivity contribution in [1.82, 2.24) is 0 Å². The molecule has 0 spiro atoms. The second kappa shape index (κ2) is 15.2. The Hall–Kier alpha value is -2.35. The normalized spacial score (nSPS) is 15.0. The summed E-state index contributed by atoms with van der Waals surface area (Å²) in [7, 11) is 0. The van der Waals surface area contributed by atoms with Gasteiger partial charge in [0.15, 0.2) is 5.78 Å². The van der Waals surface area contributed by atoms with Crippen LogP contribution >= 0.6 is 0 Å². The minimum Gasteiger partial charge on any atom is -0.508 e. The van der Waals surface area contributed by atoms with Gasteiger partial charge in [-0.25, -0.2) is 0 Å². The summed E-state index contributed by atoms with van der Waals surface area (Å²) in [6.45, 7) is 17.8. The average Bonchev–Trinajstić information content (AvgIpc) is 2.87. The van der Waals surface area contributed by atoms with Crippen molar-refractivity contribution in [3.63, 3.8) is 0 Å². The molecule has 204 valence electrons. The van der Waals surface area contributed by atoms with E-state index in [2.05, 4.69) is 73.6 Å². The van der Waals surface area contributed by atoms with E-state index < -0.39 is 0 Å². The molecule has 2 rings (SSSR count). The van der Waals surface area contributed by atoms with Gasteiger partial charge in [-0.3, -0.25) is 4.79 Å². The predicted octanol–water partition coefficient (Wildman–Crippen LogP) is 10.9. The molecule has 37 heavy (non-hydrogen) atoms. The van der Waals surface area contributed by atoms with E-state index in [-0.39, 0.29) is 17.6 Å². The van der Waals surface area contributed by atoms with Crippen molar-refractivity contribution in [2.75, 3.05) is 0 Å². The third-order valence-corrected chi connectivity index (χ3v) is 8.03. The van der Waals surface area contributed by atoms with Crippen molar-refractivity contribution in [1.29, 1.82) is 0 Å².